The lowest BCUT2D eigenvalue weighted by Crippen LogP contribution is -3.00. The highest BCUT2D eigenvalue weighted by molar-refractivity contribution is 5.80. The molecule has 0 fully saturated rings. The molecule has 4 rings (SSSR count). The highest BCUT2D eigenvalue weighted by atomic mass is 79.9. The van der Waals surface area contributed by atoms with Crippen molar-refractivity contribution in [2.75, 3.05) is 0 Å². The van der Waals surface area contributed by atoms with Crippen LogP contribution in [0.1, 0.15) is 32.1 Å². The molecule has 0 spiro atoms. The van der Waals surface area contributed by atoms with Crippen molar-refractivity contribution in [2.45, 2.75) is 45.2 Å². The van der Waals surface area contributed by atoms with Gasteiger partial charge >= 0.3 is 0 Å². The third-order valence-electron chi connectivity index (χ3n) is 5.33. The molecule has 0 aliphatic rings. The van der Waals surface area contributed by atoms with Crippen LogP contribution >= 0.6 is 0 Å². The smallest absolute Gasteiger partial charge is 0.176 e. The maximum Gasteiger partial charge on any atom is 0.176 e. The Morgan fingerprint density at radius 3 is 1.28 bits per heavy atom. The summed E-state index contributed by atoms with van der Waals surface area (Å²) in [5.74, 6) is 0. The molecule has 2 aromatic carbocycles. The minimum absolute atomic E-state index is 0. The fourth-order valence-corrected chi connectivity index (χ4v) is 3.75. The van der Waals surface area contributed by atoms with Gasteiger partial charge in [0.15, 0.2) is 24.8 Å². The summed E-state index contributed by atoms with van der Waals surface area (Å²) in [6.45, 7) is 2.23. The van der Waals surface area contributed by atoms with Crippen LogP contribution in [0.4, 0.5) is 0 Å². The molecule has 0 amide bonds. The Kier molecular flexibility index (Phi) is 9.75. The fourth-order valence-electron chi connectivity index (χ4n) is 3.75. The molecule has 2 heterocycles. The molecule has 152 valence electrons. The van der Waals surface area contributed by atoms with Gasteiger partial charge in [-0.2, -0.15) is 0 Å². The summed E-state index contributed by atoms with van der Waals surface area (Å²) >= 11 is 0. The zero-order chi connectivity index (χ0) is 18.3. The fraction of sp³-hybridized carbons (Fsp3) is 0.280. The molecule has 0 atom stereocenters. The van der Waals surface area contributed by atoms with E-state index in [1.807, 2.05) is 0 Å². The maximum absolute atomic E-state index is 2.33. The molecule has 0 aliphatic carbocycles. The van der Waals surface area contributed by atoms with Gasteiger partial charge in [0.2, 0.25) is 0 Å². The Bertz CT molecular complexity index is 950. The average Bonchev–Trinajstić information content (AvgIpc) is 2.73. The van der Waals surface area contributed by atoms with E-state index in [4.69, 9.17) is 0 Å². The number of aromatic nitrogens is 2. The molecule has 0 N–H and O–H groups in total. The van der Waals surface area contributed by atoms with Crippen LogP contribution < -0.4 is 43.1 Å². The van der Waals surface area contributed by atoms with Crippen LogP contribution in [-0.2, 0) is 13.1 Å². The Morgan fingerprint density at radius 1 is 0.448 bits per heavy atom. The number of hydrogen-bond donors (Lipinski definition) is 0. The molecule has 0 saturated carbocycles. The van der Waals surface area contributed by atoms with Gasteiger partial charge in [-0.3, -0.25) is 0 Å². The zero-order valence-electron chi connectivity index (χ0n) is 16.7. The van der Waals surface area contributed by atoms with Crippen LogP contribution in [0.25, 0.3) is 21.5 Å². The first-order valence-electron chi connectivity index (χ1n) is 10.1. The maximum atomic E-state index is 2.33. The van der Waals surface area contributed by atoms with Gasteiger partial charge in [-0.25, -0.2) is 9.13 Å². The summed E-state index contributed by atoms with van der Waals surface area (Å²) in [6.07, 6.45) is 15.4. The first-order chi connectivity index (χ1) is 13.4. The molecular weight excluding hydrogens is 488 g/mol. The van der Waals surface area contributed by atoms with Crippen LogP contribution in [0, 0.1) is 0 Å². The third-order valence-corrected chi connectivity index (χ3v) is 5.33. The second kappa shape index (κ2) is 12.0. The molecule has 0 unspecified atom stereocenters. The van der Waals surface area contributed by atoms with Crippen LogP contribution in [0.15, 0.2) is 85.5 Å². The molecule has 4 heteroatoms. The standard InChI is InChI=1S/C25H28N2.2BrH/c1(2-8-16-26-18-14-22-10-4-6-12-24(22)20-26)3-9-17-27-19-15-23-11-5-7-13-25(23)21-27;;/h4-7,10-15,18-21H,1-3,8-9,16-17H2;2*1H/q+2;;/p-2. The quantitative estimate of drug-likeness (QED) is 0.215. The van der Waals surface area contributed by atoms with E-state index in [1.54, 1.807) is 0 Å². The number of fused-ring (bicyclic) bond motifs is 2. The lowest BCUT2D eigenvalue weighted by Gasteiger charge is -2.01. The molecule has 2 nitrogen and oxygen atoms in total. The SMILES string of the molecule is [Br-].[Br-].c1ccc2c[n+](CCCCCCC[n+]3ccc4ccccc4c3)ccc2c1. The average molecular weight is 516 g/mol. The summed E-state index contributed by atoms with van der Waals surface area (Å²) in [7, 11) is 0. The number of unbranched alkanes of at least 4 members (excludes halogenated alkanes) is 4. The number of nitrogens with zero attached hydrogens (tertiary/aromatic N) is 2. The number of aryl methyl sites for hydroxylation is 2. The molecule has 0 bridgehead atoms. The number of halogens is 2. The van der Waals surface area contributed by atoms with E-state index >= 15 is 0 Å². The Morgan fingerprint density at radius 2 is 0.828 bits per heavy atom. The number of benzene rings is 2. The van der Waals surface area contributed by atoms with Gasteiger partial charge in [0.25, 0.3) is 0 Å². The van der Waals surface area contributed by atoms with Crippen molar-refractivity contribution < 1.29 is 43.1 Å². The van der Waals surface area contributed by atoms with E-state index < -0.39 is 0 Å². The van der Waals surface area contributed by atoms with Crippen molar-refractivity contribution in [1.29, 1.82) is 0 Å². The van der Waals surface area contributed by atoms with Crippen molar-refractivity contribution in [3.63, 3.8) is 0 Å². The second-order valence-corrected chi connectivity index (χ2v) is 7.39. The summed E-state index contributed by atoms with van der Waals surface area (Å²) in [5.41, 5.74) is 0. The van der Waals surface area contributed by atoms with Gasteiger partial charge in [0.05, 0.1) is 0 Å². The number of pyridine rings is 2. The van der Waals surface area contributed by atoms with E-state index in [2.05, 4.69) is 94.6 Å². The van der Waals surface area contributed by atoms with E-state index in [0.717, 1.165) is 13.1 Å². The van der Waals surface area contributed by atoms with Crippen molar-refractivity contribution >= 4 is 21.5 Å². The summed E-state index contributed by atoms with van der Waals surface area (Å²) in [6, 6.07) is 21.6. The minimum atomic E-state index is 0. The molecule has 0 aliphatic heterocycles. The minimum Gasteiger partial charge on any atom is -1.00 e. The molecule has 0 radical (unpaired) electrons. The summed E-state index contributed by atoms with van der Waals surface area (Å²) in [4.78, 5) is 0. The molecule has 29 heavy (non-hydrogen) atoms. The van der Waals surface area contributed by atoms with Crippen LogP contribution in [-0.4, -0.2) is 0 Å². The third kappa shape index (κ3) is 6.61. The summed E-state index contributed by atoms with van der Waals surface area (Å²) in [5, 5.41) is 5.29. The number of hydrogen-bond acceptors (Lipinski definition) is 0. The Balaban J connectivity index is 0.00000150. The molecular formula is C25H28Br2N2. The lowest BCUT2D eigenvalue weighted by atomic mass is 10.1. The van der Waals surface area contributed by atoms with Crippen molar-refractivity contribution in [1.82, 2.24) is 0 Å². The summed E-state index contributed by atoms with van der Waals surface area (Å²) < 4.78 is 4.65. The normalized spacial score (nSPS) is 10.5. The first-order valence-corrected chi connectivity index (χ1v) is 10.1. The van der Waals surface area contributed by atoms with Crippen molar-refractivity contribution in [3.05, 3.63) is 85.5 Å². The van der Waals surface area contributed by atoms with Gasteiger partial charge in [-0.05, 0) is 35.7 Å². The monoisotopic (exact) mass is 514 g/mol. The van der Waals surface area contributed by atoms with E-state index in [0.29, 0.717) is 0 Å². The van der Waals surface area contributed by atoms with Gasteiger partial charge < -0.3 is 34.0 Å². The Labute approximate surface area is 194 Å². The van der Waals surface area contributed by atoms with Crippen molar-refractivity contribution in [2.24, 2.45) is 0 Å². The topological polar surface area (TPSA) is 7.76 Å². The van der Waals surface area contributed by atoms with E-state index in [1.165, 1.54) is 53.6 Å². The highest BCUT2D eigenvalue weighted by Crippen LogP contribution is 2.11. The molecule has 0 saturated heterocycles. The van der Waals surface area contributed by atoms with Gasteiger partial charge in [-0.1, -0.05) is 42.8 Å². The first kappa shape index (κ1) is 23.5. The second-order valence-electron chi connectivity index (χ2n) is 7.39. The highest BCUT2D eigenvalue weighted by Gasteiger charge is 2.04. The molecule has 4 aromatic rings. The van der Waals surface area contributed by atoms with Gasteiger partial charge in [0, 0.05) is 35.7 Å². The van der Waals surface area contributed by atoms with Crippen molar-refractivity contribution in [3.8, 4) is 0 Å². The lowest BCUT2D eigenvalue weighted by molar-refractivity contribution is -0.696. The van der Waals surface area contributed by atoms with E-state index in [-0.39, 0.29) is 34.0 Å². The predicted molar refractivity (Wildman–Crippen MR) is 111 cm³/mol. The predicted octanol–water partition coefficient (Wildman–Crippen LogP) is -0.773. The Hall–Kier alpha value is -1.78. The van der Waals surface area contributed by atoms with E-state index in [9.17, 15) is 0 Å². The largest absolute Gasteiger partial charge is 1.00 e. The van der Waals surface area contributed by atoms with Gasteiger partial charge in [-0.15, -0.1) is 0 Å². The van der Waals surface area contributed by atoms with Crippen LogP contribution in [0.5, 0.6) is 0 Å². The number of rotatable bonds is 8. The zero-order valence-corrected chi connectivity index (χ0v) is 19.9. The van der Waals surface area contributed by atoms with Crippen LogP contribution in [0.3, 0.4) is 0 Å². The van der Waals surface area contributed by atoms with Crippen LogP contribution in [0.2, 0.25) is 0 Å². The van der Waals surface area contributed by atoms with Gasteiger partial charge in [0.1, 0.15) is 13.1 Å². The molecule has 2 aromatic heterocycles.